The van der Waals surface area contributed by atoms with E-state index < -0.39 is 5.82 Å². The Hall–Kier alpha value is -2.78. The molecule has 0 bridgehead atoms. The Morgan fingerprint density at radius 3 is 2.81 bits per heavy atom. The van der Waals surface area contributed by atoms with Crippen molar-refractivity contribution < 1.29 is 8.91 Å². The van der Waals surface area contributed by atoms with Gasteiger partial charge in [0.1, 0.15) is 11.5 Å². The minimum Gasteiger partial charge on any atom is -0.332 e. The minimum absolute atomic E-state index is 0.178. The molecule has 0 amide bonds. The molecule has 7 heteroatoms. The summed E-state index contributed by atoms with van der Waals surface area (Å²) in [4.78, 5) is 8.19. The van der Waals surface area contributed by atoms with Crippen LogP contribution in [-0.4, -0.2) is 15.1 Å². The predicted molar refractivity (Wildman–Crippen MR) is 72.6 cm³/mol. The lowest BCUT2D eigenvalue weighted by atomic mass is 10.1. The molecule has 0 spiro atoms. The maximum atomic E-state index is 13.4. The van der Waals surface area contributed by atoms with Crippen molar-refractivity contribution in [3.05, 3.63) is 52.9 Å². The third-order valence-corrected chi connectivity index (χ3v) is 2.88. The van der Waals surface area contributed by atoms with Gasteiger partial charge in [-0.2, -0.15) is 10.2 Å². The van der Waals surface area contributed by atoms with E-state index in [9.17, 15) is 4.39 Å². The number of nitriles is 1. The molecule has 3 aromatic rings. The zero-order valence-corrected chi connectivity index (χ0v) is 11.2. The monoisotopic (exact) mass is 300 g/mol. The van der Waals surface area contributed by atoms with E-state index >= 15 is 0 Å². The van der Waals surface area contributed by atoms with E-state index in [2.05, 4.69) is 15.1 Å². The van der Waals surface area contributed by atoms with Gasteiger partial charge in [0, 0.05) is 11.8 Å². The fourth-order valence-corrected chi connectivity index (χ4v) is 1.84. The standard InChI is InChI=1S/C14H6ClFN4O/c15-10-1-2-12(18-7-10)14-19-13(20-21-14)9-3-8(6-17)4-11(16)5-9/h1-5,7H. The van der Waals surface area contributed by atoms with Crippen LogP contribution in [0.15, 0.2) is 41.1 Å². The van der Waals surface area contributed by atoms with Gasteiger partial charge in [-0.25, -0.2) is 9.37 Å². The van der Waals surface area contributed by atoms with Crippen molar-refractivity contribution in [1.29, 1.82) is 5.26 Å². The van der Waals surface area contributed by atoms with E-state index in [1.807, 2.05) is 6.07 Å². The van der Waals surface area contributed by atoms with Crippen LogP contribution in [0, 0.1) is 17.1 Å². The normalized spacial score (nSPS) is 10.3. The second kappa shape index (κ2) is 5.31. The highest BCUT2D eigenvalue weighted by Gasteiger charge is 2.13. The fraction of sp³-hybridized carbons (Fsp3) is 0. The Morgan fingerprint density at radius 1 is 1.24 bits per heavy atom. The number of rotatable bonds is 2. The average molecular weight is 301 g/mol. The van der Waals surface area contributed by atoms with Crippen LogP contribution in [0.25, 0.3) is 23.0 Å². The molecule has 0 unspecified atom stereocenters. The Bertz CT molecular complexity index is 839. The second-order valence-electron chi connectivity index (χ2n) is 4.13. The topological polar surface area (TPSA) is 75.6 Å². The summed E-state index contributed by atoms with van der Waals surface area (Å²) in [6, 6.07) is 8.98. The molecule has 0 fully saturated rings. The molecule has 0 N–H and O–H groups in total. The first kappa shape index (κ1) is 13.2. The molecule has 0 radical (unpaired) electrons. The van der Waals surface area contributed by atoms with Gasteiger partial charge in [0.25, 0.3) is 5.89 Å². The molecule has 3 rings (SSSR count). The number of pyridine rings is 1. The minimum atomic E-state index is -0.542. The summed E-state index contributed by atoms with van der Waals surface area (Å²) in [6.07, 6.45) is 1.46. The summed E-state index contributed by atoms with van der Waals surface area (Å²) in [7, 11) is 0. The van der Waals surface area contributed by atoms with Crippen molar-refractivity contribution in [2.75, 3.05) is 0 Å². The molecule has 0 atom stereocenters. The summed E-state index contributed by atoms with van der Waals surface area (Å²) >= 11 is 5.75. The lowest BCUT2D eigenvalue weighted by Gasteiger charge is -1.96. The molecule has 5 nitrogen and oxygen atoms in total. The van der Waals surface area contributed by atoms with Gasteiger partial charge in [0.2, 0.25) is 5.82 Å². The van der Waals surface area contributed by atoms with Crippen LogP contribution in [-0.2, 0) is 0 Å². The summed E-state index contributed by atoms with van der Waals surface area (Å²) in [5.41, 5.74) is 0.992. The number of aromatic nitrogens is 3. The van der Waals surface area contributed by atoms with E-state index in [0.29, 0.717) is 16.3 Å². The molecule has 0 saturated heterocycles. The van der Waals surface area contributed by atoms with Crippen molar-refractivity contribution in [3.63, 3.8) is 0 Å². The zero-order valence-electron chi connectivity index (χ0n) is 10.4. The number of benzene rings is 1. The molecule has 0 aliphatic rings. The van der Waals surface area contributed by atoms with E-state index in [1.54, 1.807) is 12.1 Å². The molecule has 0 aliphatic heterocycles. The molecule has 21 heavy (non-hydrogen) atoms. The highest BCUT2D eigenvalue weighted by molar-refractivity contribution is 6.30. The summed E-state index contributed by atoms with van der Waals surface area (Å²) in [5, 5.41) is 13.1. The lowest BCUT2D eigenvalue weighted by molar-refractivity contribution is 0.431. The Morgan fingerprint density at radius 2 is 2.10 bits per heavy atom. The molecule has 1 aromatic carbocycles. The van der Waals surface area contributed by atoms with Gasteiger partial charge in [0.15, 0.2) is 0 Å². The molecular formula is C14H6ClFN4O. The van der Waals surface area contributed by atoms with Gasteiger partial charge in [-0.3, -0.25) is 0 Å². The highest BCUT2D eigenvalue weighted by Crippen LogP contribution is 2.23. The molecule has 0 saturated carbocycles. The second-order valence-corrected chi connectivity index (χ2v) is 4.56. The first-order valence-electron chi connectivity index (χ1n) is 5.82. The van der Waals surface area contributed by atoms with Gasteiger partial charge in [-0.15, -0.1) is 0 Å². The Labute approximate surface area is 123 Å². The summed E-state index contributed by atoms with van der Waals surface area (Å²) < 4.78 is 18.5. The predicted octanol–water partition coefficient (Wildman–Crippen LogP) is 3.46. The smallest absolute Gasteiger partial charge is 0.276 e. The fourth-order valence-electron chi connectivity index (χ4n) is 1.73. The maximum Gasteiger partial charge on any atom is 0.276 e. The van der Waals surface area contributed by atoms with E-state index in [-0.39, 0.29) is 17.3 Å². The molecule has 2 aromatic heterocycles. The van der Waals surface area contributed by atoms with Gasteiger partial charge >= 0.3 is 0 Å². The van der Waals surface area contributed by atoms with Gasteiger partial charge in [-0.1, -0.05) is 16.8 Å². The average Bonchev–Trinajstić information content (AvgIpc) is 2.97. The Balaban J connectivity index is 2.00. The van der Waals surface area contributed by atoms with Crippen molar-refractivity contribution in [2.24, 2.45) is 0 Å². The van der Waals surface area contributed by atoms with Gasteiger partial charge < -0.3 is 4.52 Å². The van der Waals surface area contributed by atoms with E-state index in [1.165, 1.54) is 18.3 Å². The SMILES string of the molecule is N#Cc1cc(F)cc(-c2noc(-c3ccc(Cl)cn3)n2)c1. The first-order valence-corrected chi connectivity index (χ1v) is 6.20. The Kier molecular flexibility index (Phi) is 3.34. The molecule has 0 aliphatic carbocycles. The number of halogens is 2. The van der Waals surface area contributed by atoms with Crippen LogP contribution in [0.4, 0.5) is 4.39 Å². The summed E-state index contributed by atoms with van der Waals surface area (Å²) in [5.74, 6) is -0.179. The molecule has 102 valence electrons. The summed E-state index contributed by atoms with van der Waals surface area (Å²) in [6.45, 7) is 0. The third-order valence-electron chi connectivity index (χ3n) is 2.66. The van der Waals surface area contributed by atoms with Crippen LogP contribution in [0.5, 0.6) is 0 Å². The quantitative estimate of drug-likeness (QED) is 0.724. The van der Waals surface area contributed by atoms with Gasteiger partial charge in [0.05, 0.1) is 16.7 Å². The zero-order chi connectivity index (χ0) is 14.8. The van der Waals surface area contributed by atoms with Crippen LogP contribution in [0.2, 0.25) is 5.02 Å². The first-order chi connectivity index (χ1) is 10.2. The van der Waals surface area contributed by atoms with Crippen molar-refractivity contribution in [2.45, 2.75) is 0 Å². The van der Waals surface area contributed by atoms with Crippen molar-refractivity contribution in [1.82, 2.24) is 15.1 Å². The van der Waals surface area contributed by atoms with E-state index in [0.717, 1.165) is 6.07 Å². The van der Waals surface area contributed by atoms with Crippen LogP contribution in [0.1, 0.15) is 5.56 Å². The van der Waals surface area contributed by atoms with Crippen LogP contribution < -0.4 is 0 Å². The third kappa shape index (κ3) is 2.73. The van der Waals surface area contributed by atoms with Crippen LogP contribution in [0.3, 0.4) is 0 Å². The van der Waals surface area contributed by atoms with Crippen molar-refractivity contribution in [3.8, 4) is 29.0 Å². The van der Waals surface area contributed by atoms with Crippen LogP contribution >= 0.6 is 11.6 Å². The lowest BCUT2D eigenvalue weighted by Crippen LogP contribution is -1.87. The molecular weight excluding hydrogens is 295 g/mol. The number of nitrogens with zero attached hydrogens (tertiary/aromatic N) is 4. The van der Waals surface area contributed by atoms with Gasteiger partial charge in [-0.05, 0) is 30.3 Å². The number of hydrogen-bond acceptors (Lipinski definition) is 5. The molecule has 2 heterocycles. The van der Waals surface area contributed by atoms with E-state index in [4.69, 9.17) is 21.4 Å². The highest BCUT2D eigenvalue weighted by atomic mass is 35.5. The number of hydrogen-bond donors (Lipinski definition) is 0. The largest absolute Gasteiger partial charge is 0.332 e. The van der Waals surface area contributed by atoms with Crippen molar-refractivity contribution >= 4 is 11.6 Å². The maximum absolute atomic E-state index is 13.4.